The van der Waals surface area contributed by atoms with Crippen LogP contribution < -0.4 is 10.9 Å². The Hall–Kier alpha value is -1.71. The van der Waals surface area contributed by atoms with Crippen LogP contribution in [0.2, 0.25) is 0 Å². The number of ether oxygens (including phenoxy) is 1. The molecule has 1 rings (SSSR count). The number of nitrogens with zero attached hydrogens (tertiary/aromatic N) is 1. The molecule has 0 radical (unpaired) electrons. The molecule has 0 spiro atoms. The predicted octanol–water partition coefficient (Wildman–Crippen LogP) is -0.852. The Kier molecular flexibility index (Phi) is 6.53. The van der Waals surface area contributed by atoms with Gasteiger partial charge in [-0.05, 0) is 12.5 Å². The number of nitrogens with one attached hydrogen (secondary N) is 2. The summed E-state index contributed by atoms with van der Waals surface area (Å²) in [4.78, 5) is 24.8. The van der Waals surface area contributed by atoms with E-state index in [2.05, 4.69) is 10.3 Å². The number of amides is 1. The molecule has 0 bridgehead atoms. The van der Waals surface area contributed by atoms with E-state index in [1.54, 1.807) is 7.11 Å². The smallest absolute Gasteiger partial charge is 0.247 e. The summed E-state index contributed by atoms with van der Waals surface area (Å²) in [5.41, 5.74) is -0.396. The van der Waals surface area contributed by atoms with Gasteiger partial charge in [0, 0.05) is 39.6 Å². The molecule has 1 aromatic heterocycles. The highest BCUT2D eigenvalue weighted by atomic mass is 32.2. The first-order valence-corrected chi connectivity index (χ1v) is 7.72. The Bertz CT molecular complexity index is 606. The minimum atomic E-state index is -3.81. The van der Waals surface area contributed by atoms with Crippen molar-refractivity contribution < 1.29 is 17.9 Å². The zero-order valence-corrected chi connectivity index (χ0v) is 12.8. The fourth-order valence-electron chi connectivity index (χ4n) is 1.52. The highest BCUT2D eigenvalue weighted by Crippen LogP contribution is 2.10. The summed E-state index contributed by atoms with van der Waals surface area (Å²) in [6.07, 6.45) is 1.75. The van der Waals surface area contributed by atoms with Crippen LogP contribution in [0.3, 0.4) is 0 Å². The first kappa shape index (κ1) is 17.3. The third-order valence-electron chi connectivity index (χ3n) is 2.68. The number of carbonyl (C=O) groups excluding carboxylic acids is 1. The maximum absolute atomic E-state index is 12.2. The van der Waals surface area contributed by atoms with Crippen molar-refractivity contribution in [2.75, 3.05) is 33.9 Å². The fraction of sp³-hybridized carbons (Fsp3) is 0.500. The van der Waals surface area contributed by atoms with Gasteiger partial charge in [0.1, 0.15) is 0 Å². The molecule has 0 aliphatic carbocycles. The van der Waals surface area contributed by atoms with Gasteiger partial charge in [-0.25, -0.2) is 8.42 Å². The Labute approximate surface area is 123 Å². The van der Waals surface area contributed by atoms with Gasteiger partial charge in [0.2, 0.25) is 21.5 Å². The predicted molar refractivity (Wildman–Crippen MR) is 76.4 cm³/mol. The number of aromatic amines is 1. The molecule has 0 aromatic carbocycles. The number of pyridine rings is 1. The maximum Gasteiger partial charge on any atom is 0.247 e. The number of likely N-dealkylation sites (N-methyl/N-ethyl adjacent to an activating group) is 1. The van der Waals surface area contributed by atoms with Crippen LogP contribution in [-0.4, -0.2) is 57.5 Å². The number of sulfonamides is 1. The van der Waals surface area contributed by atoms with E-state index < -0.39 is 21.5 Å². The molecule has 1 amide bonds. The summed E-state index contributed by atoms with van der Waals surface area (Å²) in [7, 11) is -0.946. The second-order valence-corrected chi connectivity index (χ2v) is 6.39. The van der Waals surface area contributed by atoms with Crippen LogP contribution in [-0.2, 0) is 19.6 Å². The van der Waals surface area contributed by atoms with Gasteiger partial charge in [0.05, 0.1) is 11.4 Å². The second kappa shape index (κ2) is 7.91. The highest BCUT2D eigenvalue weighted by Gasteiger charge is 2.22. The van der Waals surface area contributed by atoms with E-state index in [4.69, 9.17) is 4.74 Å². The largest absolute Gasteiger partial charge is 0.385 e. The first-order valence-electron chi connectivity index (χ1n) is 6.28. The lowest BCUT2D eigenvalue weighted by molar-refractivity contribution is -0.121. The van der Waals surface area contributed by atoms with Crippen molar-refractivity contribution in [3.05, 3.63) is 28.7 Å². The molecule has 0 saturated carbocycles. The quantitative estimate of drug-likeness (QED) is 0.607. The summed E-state index contributed by atoms with van der Waals surface area (Å²) in [5.74, 6) is -0.401. The van der Waals surface area contributed by atoms with E-state index >= 15 is 0 Å². The minimum Gasteiger partial charge on any atom is -0.385 e. The zero-order valence-electron chi connectivity index (χ0n) is 12.0. The van der Waals surface area contributed by atoms with E-state index in [1.165, 1.54) is 13.1 Å². The van der Waals surface area contributed by atoms with Crippen molar-refractivity contribution in [3.63, 3.8) is 0 Å². The number of aromatic nitrogens is 1. The molecule has 2 N–H and O–H groups in total. The van der Waals surface area contributed by atoms with Gasteiger partial charge in [-0.1, -0.05) is 0 Å². The minimum absolute atomic E-state index is 0.0724. The Balaban J connectivity index is 2.61. The van der Waals surface area contributed by atoms with E-state index in [-0.39, 0.29) is 11.4 Å². The average Bonchev–Trinajstić information content (AvgIpc) is 2.44. The average molecular weight is 317 g/mol. The number of H-pyrrole nitrogens is 1. The van der Waals surface area contributed by atoms with Crippen LogP contribution in [0.25, 0.3) is 0 Å². The van der Waals surface area contributed by atoms with E-state index in [0.717, 1.165) is 16.6 Å². The van der Waals surface area contributed by atoms with Crippen LogP contribution >= 0.6 is 0 Å². The number of hydrogen-bond donors (Lipinski definition) is 2. The van der Waals surface area contributed by atoms with Gasteiger partial charge in [-0.2, -0.15) is 4.31 Å². The lowest BCUT2D eigenvalue weighted by Crippen LogP contribution is -2.38. The van der Waals surface area contributed by atoms with E-state index in [1.807, 2.05) is 0 Å². The molecule has 0 aliphatic rings. The molecule has 118 valence electrons. The molecule has 0 fully saturated rings. The van der Waals surface area contributed by atoms with Gasteiger partial charge >= 0.3 is 0 Å². The standard InChI is InChI=1S/C12H19N3O5S/c1-15(9-12(17)13-6-3-7-20-2)21(18,19)10-4-5-11(16)14-8-10/h4-5,8H,3,6-7,9H2,1-2H3,(H,13,17)(H,14,16). The van der Waals surface area contributed by atoms with Crippen LogP contribution in [0.1, 0.15) is 6.42 Å². The molecular weight excluding hydrogens is 298 g/mol. The Morgan fingerprint density at radius 2 is 2.14 bits per heavy atom. The summed E-state index contributed by atoms with van der Waals surface area (Å²) in [5, 5.41) is 2.60. The normalized spacial score (nSPS) is 11.6. The van der Waals surface area contributed by atoms with E-state index in [0.29, 0.717) is 19.6 Å². The fourth-order valence-corrected chi connectivity index (χ4v) is 2.62. The first-order chi connectivity index (χ1) is 9.87. The molecule has 0 aliphatic heterocycles. The van der Waals surface area contributed by atoms with Crippen LogP contribution in [0.4, 0.5) is 0 Å². The molecule has 1 heterocycles. The van der Waals surface area contributed by atoms with Gasteiger partial charge in [-0.3, -0.25) is 9.59 Å². The number of methoxy groups -OCH3 is 1. The molecule has 0 saturated heterocycles. The zero-order chi connectivity index (χ0) is 15.9. The van der Waals surface area contributed by atoms with Crippen LogP contribution in [0.15, 0.2) is 28.0 Å². The topological polar surface area (TPSA) is 109 Å². The van der Waals surface area contributed by atoms with Crippen molar-refractivity contribution >= 4 is 15.9 Å². The van der Waals surface area contributed by atoms with Crippen molar-refractivity contribution in [2.24, 2.45) is 0 Å². The van der Waals surface area contributed by atoms with Crippen molar-refractivity contribution in [1.82, 2.24) is 14.6 Å². The SMILES string of the molecule is COCCCNC(=O)CN(C)S(=O)(=O)c1ccc(=O)[nH]c1. The molecule has 1 aromatic rings. The summed E-state index contributed by atoms with van der Waals surface area (Å²) >= 11 is 0. The summed E-state index contributed by atoms with van der Waals surface area (Å²) in [6.45, 7) is 0.638. The third-order valence-corrected chi connectivity index (χ3v) is 4.48. The molecule has 9 heteroatoms. The van der Waals surface area contributed by atoms with Crippen molar-refractivity contribution in [3.8, 4) is 0 Å². The van der Waals surface area contributed by atoms with Crippen molar-refractivity contribution in [2.45, 2.75) is 11.3 Å². The number of carbonyl (C=O) groups is 1. The summed E-state index contributed by atoms with van der Waals surface area (Å²) in [6, 6.07) is 2.31. The number of rotatable bonds is 8. The third kappa shape index (κ3) is 5.29. The lowest BCUT2D eigenvalue weighted by Gasteiger charge is -2.16. The van der Waals surface area contributed by atoms with Crippen LogP contribution in [0, 0.1) is 0 Å². The Morgan fingerprint density at radius 1 is 1.43 bits per heavy atom. The van der Waals surface area contributed by atoms with Crippen LogP contribution in [0.5, 0.6) is 0 Å². The molecule has 0 unspecified atom stereocenters. The number of hydrogen-bond acceptors (Lipinski definition) is 5. The highest BCUT2D eigenvalue weighted by molar-refractivity contribution is 7.89. The second-order valence-electron chi connectivity index (χ2n) is 4.35. The van der Waals surface area contributed by atoms with Gasteiger partial charge in [0.25, 0.3) is 0 Å². The van der Waals surface area contributed by atoms with E-state index in [9.17, 15) is 18.0 Å². The lowest BCUT2D eigenvalue weighted by atomic mass is 10.4. The molecule has 0 atom stereocenters. The van der Waals surface area contributed by atoms with Gasteiger partial charge in [-0.15, -0.1) is 0 Å². The van der Waals surface area contributed by atoms with Crippen molar-refractivity contribution in [1.29, 1.82) is 0 Å². The molecular formula is C12H19N3O5S. The summed E-state index contributed by atoms with van der Waals surface area (Å²) < 4.78 is 30.1. The van der Waals surface area contributed by atoms with Gasteiger partial charge in [0.15, 0.2) is 0 Å². The monoisotopic (exact) mass is 317 g/mol. The molecule has 8 nitrogen and oxygen atoms in total. The Morgan fingerprint density at radius 3 is 2.71 bits per heavy atom. The van der Waals surface area contributed by atoms with Gasteiger partial charge < -0.3 is 15.0 Å². The maximum atomic E-state index is 12.2. The molecule has 21 heavy (non-hydrogen) atoms.